The molecule has 1 N–H and O–H groups in total. The van der Waals surface area contributed by atoms with Crippen molar-refractivity contribution in [3.05, 3.63) is 65.7 Å². The second kappa shape index (κ2) is 10.8. The molecule has 1 saturated heterocycles. The average molecular weight is 465 g/mol. The van der Waals surface area contributed by atoms with Crippen molar-refractivity contribution in [2.45, 2.75) is 33.3 Å². The molecule has 2 amide bonds. The first-order valence-electron chi connectivity index (χ1n) is 11.4. The lowest BCUT2D eigenvalue weighted by molar-refractivity contribution is -0.121. The van der Waals surface area contributed by atoms with Gasteiger partial charge in [0.05, 0.1) is 6.61 Å². The van der Waals surface area contributed by atoms with Crippen LogP contribution >= 0.6 is 0 Å². The number of anilines is 1. The molecule has 2 aromatic heterocycles. The number of ether oxygens (including phenoxy) is 2. The number of hydrogen-bond acceptors (Lipinski definition) is 7. The van der Waals surface area contributed by atoms with Gasteiger partial charge in [0.15, 0.2) is 17.3 Å². The number of benzene rings is 1. The summed E-state index contributed by atoms with van der Waals surface area (Å²) in [5.41, 5.74) is 1.52. The first kappa shape index (κ1) is 23.3. The summed E-state index contributed by atoms with van der Waals surface area (Å²) in [6.07, 6.45) is 4.59. The Morgan fingerprint density at radius 3 is 2.53 bits per heavy atom. The smallest absolute Gasteiger partial charge is 0.253 e. The van der Waals surface area contributed by atoms with E-state index in [9.17, 15) is 9.59 Å². The molecule has 0 saturated carbocycles. The van der Waals surface area contributed by atoms with E-state index in [1.807, 2.05) is 19.1 Å². The maximum absolute atomic E-state index is 13.1. The van der Waals surface area contributed by atoms with Gasteiger partial charge in [0.25, 0.3) is 5.91 Å². The number of aryl methyl sites for hydroxylation is 1. The molecule has 9 heteroatoms. The molecule has 0 unspecified atom stereocenters. The van der Waals surface area contributed by atoms with Crippen LogP contribution in [0.3, 0.4) is 0 Å². The van der Waals surface area contributed by atoms with Crippen LogP contribution in [0.25, 0.3) is 0 Å². The van der Waals surface area contributed by atoms with Crippen LogP contribution in [-0.4, -0.2) is 46.6 Å². The van der Waals surface area contributed by atoms with E-state index in [1.165, 1.54) is 0 Å². The molecule has 3 aromatic rings. The number of carbonyl (C=O) groups is 2. The van der Waals surface area contributed by atoms with Gasteiger partial charge >= 0.3 is 0 Å². The number of nitrogens with one attached hydrogen (secondary N) is 1. The van der Waals surface area contributed by atoms with Crippen molar-refractivity contribution in [1.29, 1.82) is 0 Å². The monoisotopic (exact) mass is 464 g/mol. The molecule has 0 radical (unpaired) electrons. The SMILES string of the molecule is CCOc1cc(C(=O)N2CCC(C(=O)Nc3cc(C)on3)CC2)ccc1OCc1ccncc1. The Morgan fingerprint density at radius 2 is 1.85 bits per heavy atom. The fraction of sp³-hybridized carbons (Fsp3) is 0.360. The van der Waals surface area contributed by atoms with Crippen LogP contribution in [-0.2, 0) is 11.4 Å². The van der Waals surface area contributed by atoms with Gasteiger partial charge in [-0.25, -0.2) is 0 Å². The Balaban J connectivity index is 1.35. The van der Waals surface area contributed by atoms with Crippen molar-refractivity contribution in [1.82, 2.24) is 15.0 Å². The van der Waals surface area contributed by atoms with E-state index in [0.29, 0.717) is 67.8 Å². The molecule has 4 rings (SSSR count). The summed E-state index contributed by atoms with van der Waals surface area (Å²) in [6, 6.07) is 10.7. The molecule has 9 nitrogen and oxygen atoms in total. The molecular weight excluding hydrogens is 436 g/mol. The quantitative estimate of drug-likeness (QED) is 0.540. The van der Waals surface area contributed by atoms with E-state index < -0.39 is 0 Å². The van der Waals surface area contributed by atoms with E-state index >= 15 is 0 Å². The van der Waals surface area contributed by atoms with E-state index in [0.717, 1.165) is 5.56 Å². The highest BCUT2D eigenvalue weighted by molar-refractivity contribution is 5.95. The first-order chi connectivity index (χ1) is 16.5. The highest BCUT2D eigenvalue weighted by atomic mass is 16.5. The minimum atomic E-state index is -0.177. The van der Waals surface area contributed by atoms with Crippen LogP contribution in [0.2, 0.25) is 0 Å². The van der Waals surface area contributed by atoms with Gasteiger partial charge in [-0.1, -0.05) is 5.16 Å². The van der Waals surface area contributed by atoms with Gasteiger partial charge < -0.3 is 24.2 Å². The number of pyridine rings is 1. The summed E-state index contributed by atoms with van der Waals surface area (Å²) < 4.78 is 16.6. The second-order valence-electron chi connectivity index (χ2n) is 8.12. The van der Waals surface area contributed by atoms with Gasteiger partial charge in [0, 0.05) is 43.0 Å². The van der Waals surface area contributed by atoms with E-state index in [4.69, 9.17) is 14.0 Å². The van der Waals surface area contributed by atoms with Gasteiger partial charge in [-0.15, -0.1) is 0 Å². The van der Waals surface area contributed by atoms with Gasteiger partial charge in [0.1, 0.15) is 12.4 Å². The number of amides is 2. The normalized spacial score (nSPS) is 14.0. The zero-order chi connectivity index (χ0) is 23.9. The predicted molar refractivity (Wildman–Crippen MR) is 125 cm³/mol. The maximum Gasteiger partial charge on any atom is 0.253 e. The summed E-state index contributed by atoms with van der Waals surface area (Å²) in [5, 5.41) is 6.58. The van der Waals surface area contributed by atoms with Crippen LogP contribution < -0.4 is 14.8 Å². The number of piperidine rings is 1. The largest absolute Gasteiger partial charge is 0.490 e. The Morgan fingerprint density at radius 1 is 1.09 bits per heavy atom. The molecule has 1 fully saturated rings. The molecule has 0 bridgehead atoms. The average Bonchev–Trinajstić information content (AvgIpc) is 3.28. The molecule has 1 aromatic carbocycles. The molecule has 0 aliphatic carbocycles. The van der Waals surface area contributed by atoms with Crippen molar-refractivity contribution in [3.8, 4) is 11.5 Å². The molecular formula is C25H28N4O5. The lowest BCUT2D eigenvalue weighted by Gasteiger charge is -2.31. The highest BCUT2D eigenvalue weighted by Crippen LogP contribution is 2.30. The maximum atomic E-state index is 13.1. The molecule has 0 spiro atoms. The topological polar surface area (TPSA) is 107 Å². The lowest BCUT2D eigenvalue weighted by Crippen LogP contribution is -2.41. The lowest BCUT2D eigenvalue weighted by atomic mass is 9.95. The Hall–Kier alpha value is -3.88. The summed E-state index contributed by atoms with van der Waals surface area (Å²) in [6.45, 7) is 5.48. The molecule has 3 heterocycles. The van der Waals surface area contributed by atoms with Crippen molar-refractivity contribution in [2.75, 3.05) is 25.0 Å². The first-order valence-corrected chi connectivity index (χ1v) is 11.4. The fourth-order valence-electron chi connectivity index (χ4n) is 3.85. The van der Waals surface area contributed by atoms with E-state index in [-0.39, 0.29) is 17.7 Å². The zero-order valence-electron chi connectivity index (χ0n) is 19.3. The van der Waals surface area contributed by atoms with E-state index in [1.54, 1.807) is 48.5 Å². The molecule has 178 valence electrons. The zero-order valence-corrected chi connectivity index (χ0v) is 19.3. The molecule has 0 atom stereocenters. The number of carbonyl (C=O) groups excluding carboxylic acids is 2. The third-order valence-corrected chi connectivity index (χ3v) is 5.67. The van der Waals surface area contributed by atoms with Crippen LogP contribution in [0.15, 0.2) is 53.3 Å². The number of nitrogens with zero attached hydrogens (tertiary/aromatic N) is 3. The third-order valence-electron chi connectivity index (χ3n) is 5.67. The van der Waals surface area contributed by atoms with Crippen LogP contribution in [0.1, 0.15) is 41.4 Å². The number of rotatable bonds is 8. The van der Waals surface area contributed by atoms with Gasteiger partial charge in [-0.3, -0.25) is 14.6 Å². The number of aromatic nitrogens is 2. The van der Waals surface area contributed by atoms with Crippen molar-refractivity contribution >= 4 is 17.6 Å². The minimum Gasteiger partial charge on any atom is -0.490 e. The molecule has 1 aliphatic heterocycles. The Labute approximate surface area is 198 Å². The van der Waals surface area contributed by atoms with Crippen molar-refractivity contribution in [2.24, 2.45) is 5.92 Å². The summed E-state index contributed by atoms with van der Waals surface area (Å²) in [7, 11) is 0. The van der Waals surface area contributed by atoms with E-state index in [2.05, 4.69) is 15.5 Å². The highest BCUT2D eigenvalue weighted by Gasteiger charge is 2.28. The van der Waals surface area contributed by atoms with Crippen LogP contribution in [0.5, 0.6) is 11.5 Å². The number of likely N-dealkylation sites (tertiary alicyclic amines) is 1. The predicted octanol–water partition coefficient (Wildman–Crippen LogP) is 3.85. The number of hydrogen-bond donors (Lipinski definition) is 1. The van der Waals surface area contributed by atoms with Crippen molar-refractivity contribution in [3.63, 3.8) is 0 Å². The summed E-state index contributed by atoms with van der Waals surface area (Å²) >= 11 is 0. The van der Waals surface area contributed by atoms with Gasteiger partial charge in [-0.2, -0.15) is 0 Å². The Kier molecular flexibility index (Phi) is 7.41. The standard InChI is InChI=1S/C25H28N4O5/c1-3-32-22-15-20(4-5-21(22)33-16-18-6-10-26-11-7-18)25(31)29-12-8-19(9-13-29)24(30)27-23-14-17(2)34-28-23/h4-7,10-11,14-15,19H,3,8-9,12-13,16H2,1-2H3,(H,27,28,30). The Bertz CT molecular complexity index is 1120. The fourth-order valence-corrected chi connectivity index (χ4v) is 3.85. The van der Waals surface area contributed by atoms with Gasteiger partial charge in [-0.05, 0) is 62.6 Å². The van der Waals surface area contributed by atoms with Gasteiger partial charge in [0.2, 0.25) is 5.91 Å². The van der Waals surface area contributed by atoms with Crippen LogP contribution in [0, 0.1) is 12.8 Å². The molecule has 1 aliphatic rings. The second-order valence-corrected chi connectivity index (χ2v) is 8.12. The summed E-state index contributed by atoms with van der Waals surface area (Å²) in [5.74, 6) is 1.78. The van der Waals surface area contributed by atoms with Crippen LogP contribution in [0.4, 0.5) is 5.82 Å². The van der Waals surface area contributed by atoms with Crippen molar-refractivity contribution < 1.29 is 23.6 Å². The summed E-state index contributed by atoms with van der Waals surface area (Å²) in [4.78, 5) is 31.4. The third kappa shape index (κ3) is 5.72. The molecule has 34 heavy (non-hydrogen) atoms. The minimum absolute atomic E-state index is 0.0902.